The third kappa shape index (κ3) is 4.33. The van der Waals surface area contributed by atoms with Gasteiger partial charge in [-0.25, -0.2) is 0 Å². The Morgan fingerprint density at radius 1 is 1.38 bits per heavy atom. The Morgan fingerprint density at radius 2 is 1.94 bits per heavy atom. The molecule has 1 N–H and O–H groups in total. The highest BCUT2D eigenvalue weighted by molar-refractivity contribution is 14.1. The number of nitrogens with one attached hydrogen (secondary N) is 1. The van der Waals surface area contributed by atoms with Crippen LogP contribution in [0.5, 0.6) is 0 Å². The lowest BCUT2D eigenvalue weighted by Gasteiger charge is -2.22. The van der Waals surface area contributed by atoms with Crippen molar-refractivity contribution in [3.05, 3.63) is 33.4 Å². The Hall–Kier alpha value is -0.230. The highest BCUT2D eigenvalue weighted by Gasteiger charge is 2.17. The van der Waals surface area contributed by atoms with E-state index in [0.29, 0.717) is 6.54 Å². The number of carbonyl (C=O) groups excluding carboxylic acids is 1. The van der Waals surface area contributed by atoms with Crippen LogP contribution in [0.4, 0.5) is 0 Å². The Balaban J connectivity index is 2.56. The van der Waals surface area contributed by atoms with Gasteiger partial charge in [0.05, 0.1) is 0 Å². The summed E-state index contributed by atoms with van der Waals surface area (Å²) < 4.78 is 1.22. The fourth-order valence-corrected chi connectivity index (χ4v) is 1.64. The van der Waals surface area contributed by atoms with Gasteiger partial charge in [0.2, 0.25) is 0 Å². The molecule has 88 valence electrons. The third-order valence-corrected chi connectivity index (χ3v) is 4.30. The Bertz CT molecular complexity index is 362. The SMILES string of the molecule is CSC(C)(C)CNC(=O)c1ccc(I)cc1. The number of carbonyl (C=O) groups is 1. The monoisotopic (exact) mass is 349 g/mol. The number of benzene rings is 1. The molecule has 0 spiro atoms. The van der Waals surface area contributed by atoms with E-state index in [1.807, 2.05) is 24.3 Å². The smallest absolute Gasteiger partial charge is 0.251 e. The molecule has 1 aromatic rings. The average molecular weight is 349 g/mol. The molecule has 2 nitrogen and oxygen atoms in total. The van der Waals surface area contributed by atoms with E-state index in [-0.39, 0.29) is 10.7 Å². The number of hydrogen-bond acceptors (Lipinski definition) is 2. The number of halogens is 1. The maximum absolute atomic E-state index is 11.8. The quantitative estimate of drug-likeness (QED) is 0.846. The van der Waals surface area contributed by atoms with Crippen molar-refractivity contribution < 1.29 is 4.79 Å². The first-order valence-corrected chi connectivity index (χ1v) is 7.34. The molecule has 1 aromatic carbocycles. The minimum absolute atomic E-state index is 0.00137. The largest absolute Gasteiger partial charge is 0.351 e. The van der Waals surface area contributed by atoms with Gasteiger partial charge in [0.15, 0.2) is 0 Å². The van der Waals surface area contributed by atoms with E-state index < -0.39 is 0 Å². The van der Waals surface area contributed by atoms with E-state index in [1.165, 1.54) is 0 Å². The fourth-order valence-electron chi connectivity index (χ4n) is 1.07. The summed E-state index contributed by atoms with van der Waals surface area (Å²) in [6.07, 6.45) is 2.05. The Labute approximate surface area is 115 Å². The first kappa shape index (κ1) is 13.8. The second-order valence-electron chi connectivity index (χ2n) is 4.15. The first-order valence-electron chi connectivity index (χ1n) is 5.03. The van der Waals surface area contributed by atoms with Crippen LogP contribution in [-0.2, 0) is 0 Å². The van der Waals surface area contributed by atoms with E-state index in [9.17, 15) is 4.79 Å². The van der Waals surface area contributed by atoms with E-state index in [4.69, 9.17) is 0 Å². The molecule has 0 heterocycles. The van der Waals surface area contributed by atoms with E-state index in [1.54, 1.807) is 11.8 Å². The van der Waals surface area contributed by atoms with Crippen LogP contribution in [-0.4, -0.2) is 23.5 Å². The average Bonchev–Trinajstić information content (AvgIpc) is 2.27. The highest BCUT2D eigenvalue weighted by Crippen LogP contribution is 2.19. The zero-order valence-electron chi connectivity index (χ0n) is 9.71. The minimum atomic E-state index is -0.00137. The molecule has 0 saturated carbocycles. The van der Waals surface area contributed by atoms with Crippen LogP contribution in [0.3, 0.4) is 0 Å². The summed E-state index contributed by atoms with van der Waals surface area (Å²) in [6, 6.07) is 7.58. The molecule has 0 aliphatic rings. The van der Waals surface area contributed by atoms with Gasteiger partial charge in [0.25, 0.3) is 5.91 Å². The van der Waals surface area contributed by atoms with Gasteiger partial charge in [-0.05, 0) is 67.0 Å². The third-order valence-electron chi connectivity index (χ3n) is 2.33. The van der Waals surface area contributed by atoms with Crippen LogP contribution < -0.4 is 5.32 Å². The first-order chi connectivity index (χ1) is 7.44. The molecular weight excluding hydrogens is 333 g/mol. The molecule has 1 amide bonds. The van der Waals surface area contributed by atoms with Gasteiger partial charge in [0.1, 0.15) is 0 Å². The maximum atomic E-state index is 11.8. The summed E-state index contributed by atoms with van der Waals surface area (Å²) in [5.41, 5.74) is 0.720. The van der Waals surface area contributed by atoms with Crippen molar-refractivity contribution in [1.82, 2.24) is 5.32 Å². The van der Waals surface area contributed by atoms with Crippen molar-refractivity contribution in [2.24, 2.45) is 0 Å². The molecule has 0 aromatic heterocycles. The number of rotatable bonds is 4. The maximum Gasteiger partial charge on any atom is 0.251 e. The van der Waals surface area contributed by atoms with Crippen molar-refractivity contribution in [2.45, 2.75) is 18.6 Å². The van der Waals surface area contributed by atoms with Gasteiger partial charge < -0.3 is 5.32 Å². The van der Waals surface area contributed by atoms with Crippen LogP contribution in [0.25, 0.3) is 0 Å². The summed E-state index contributed by atoms with van der Waals surface area (Å²) in [5.74, 6) is -0.00137. The fraction of sp³-hybridized carbons (Fsp3) is 0.417. The van der Waals surface area contributed by atoms with Crippen LogP contribution >= 0.6 is 34.4 Å². The van der Waals surface area contributed by atoms with Gasteiger partial charge in [-0.15, -0.1) is 0 Å². The van der Waals surface area contributed by atoms with Crippen molar-refractivity contribution in [3.8, 4) is 0 Å². The van der Waals surface area contributed by atoms with E-state index >= 15 is 0 Å². The summed E-state index contributed by atoms with van der Waals surface area (Å²) in [5, 5.41) is 2.95. The molecule has 0 unspecified atom stereocenters. The zero-order chi connectivity index (χ0) is 12.2. The number of hydrogen-bond donors (Lipinski definition) is 1. The van der Waals surface area contributed by atoms with E-state index in [0.717, 1.165) is 9.13 Å². The van der Waals surface area contributed by atoms with Gasteiger partial charge in [0, 0.05) is 20.4 Å². The number of amides is 1. The summed E-state index contributed by atoms with van der Waals surface area (Å²) in [7, 11) is 0. The topological polar surface area (TPSA) is 29.1 Å². The van der Waals surface area contributed by atoms with Crippen molar-refractivity contribution in [1.29, 1.82) is 0 Å². The molecule has 0 aliphatic carbocycles. The van der Waals surface area contributed by atoms with Crippen LogP contribution in [0.1, 0.15) is 24.2 Å². The molecule has 0 aliphatic heterocycles. The van der Waals surface area contributed by atoms with Crippen molar-refractivity contribution in [2.75, 3.05) is 12.8 Å². The Morgan fingerprint density at radius 3 is 2.44 bits per heavy atom. The summed E-state index contributed by atoms with van der Waals surface area (Å²) >= 11 is 3.98. The normalized spacial score (nSPS) is 11.2. The second-order valence-corrected chi connectivity index (χ2v) is 6.91. The van der Waals surface area contributed by atoms with Gasteiger partial charge >= 0.3 is 0 Å². The van der Waals surface area contributed by atoms with Crippen LogP contribution in [0.2, 0.25) is 0 Å². The molecule has 0 fully saturated rings. The molecular formula is C12H16INOS. The summed E-state index contributed by atoms with van der Waals surface area (Å²) in [4.78, 5) is 11.8. The standard InChI is InChI=1S/C12H16INOS/c1-12(2,16-3)8-14-11(15)9-4-6-10(13)7-5-9/h4-7H,8H2,1-3H3,(H,14,15). The molecule has 0 radical (unpaired) electrons. The van der Waals surface area contributed by atoms with Crippen molar-refractivity contribution in [3.63, 3.8) is 0 Å². The lowest BCUT2D eigenvalue weighted by molar-refractivity contribution is 0.0951. The van der Waals surface area contributed by atoms with E-state index in [2.05, 4.69) is 48.0 Å². The Kier molecular flexibility index (Phi) is 5.11. The predicted octanol–water partition coefficient (Wildman–Crippen LogP) is 3.16. The van der Waals surface area contributed by atoms with Gasteiger partial charge in [-0.3, -0.25) is 4.79 Å². The van der Waals surface area contributed by atoms with Crippen LogP contribution in [0.15, 0.2) is 24.3 Å². The lowest BCUT2D eigenvalue weighted by atomic mass is 10.2. The molecule has 4 heteroatoms. The molecule has 0 saturated heterocycles. The predicted molar refractivity (Wildman–Crippen MR) is 79.1 cm³/mol. The molecule has 0 atom stereocenters. The lowest BCUT2D eigenvalue weighted by Crippen LogP contribution is -2.36. The summed E-state index contributed by atoms with van der Waals surface area (Å²) in [6.45, 7) is 4.91. The number of thioether (sulfide) groups is 1. The minimum Gasteiger partial charge on any atom is -0.351 e. The van der Waals surface area contributed by atoms with Gasteiger partial charge in [-0.1, -0.05) is 0 Å². The second kappa shape index (κ2) is 5.91. The van der Waals surface area contributed by atoms with Crippen molar-refractivity contribution >= 4 is 40.3 Å². The molecule has 1 rings (SSSR count). The zero-order valence-corrected chi connectivity index (χ0v) is 12.7. The highest BCUT2D eigenvalue weighted by atomic mass is 127. The molecule has 0 bridgehead atoms. The molecule has 16 heavy (non-hydrogen) atoms. The van der Waals surface area contributed by atoms with Crippen LogP contribution in [0, 0.1) is 3.57 Å². The van der Waals surface area contributed by atoms with Gasteiger partial charge in [-0.2, -0.15) is 11.8 Å².